The molecule has 0 aliphatic carbocycles. The van der Waals surface area contributed by atoms with Crippen LogP contribution in [0.5, 0.6) is 11.5 Å². The first-order valence-electron chi connectivity index (χ1n) is 8.14. The maximum Gasteiger partial charge on any atom is 0.307 e. The van der Waals surface area contributed by atoms with E-state index in [0.717, 1.165) is 19.3 Å². The Labute approximate surface area is 143 Å². The highest BCUT2D eigenvalue weighted by molar-refractivity contribution is 5.95. The van der Waals surface area contributed by atoms with Gasteiger partial charge in [0, 0.05) is 24.7 Å². The molecule has 0 atom stereocenters. The molecule has 0 heterocycles. The molecule has 0 aromatic heterocycles. The molecule has 0 fully saturated rings. The van der Waals surface area contributed by atoms with E-state index in [2.05, 4.69) is 11.7 Å². The second-order valence-corrected chi connectivity index (χ2v) is 5.43. The van der Waals surface area contributed by atoms with Gasteiger partial charge in [0.2, 0.25) is 0 Å². The van der Waals surface area contributed by atoms with Crippen molar-refractivity contribution in [1.29, 1.82) is 0 Å². The number of hydrogen-bond acceptors (Lipinski definition) is 5. The summed E-state index contributed by atoms with van der Waals surface area (Å²) in [4.78, 5) is 25.9. The average Bonchev–Trinajstić information content (AvgIpc) is 2.62. The number of hydrogen-bond donors (Lipinski definition) is 0. The Balaban J connectivity index is 2.93. The van der Waals surface area contributed by atoms with Crippen molar-refractivity contribution in [2.75, 3.05) is 34.4 Å². The zero-order chi connectivity index (χ0) is 17.9. The van der Waals surface area contributed by atoms with E-state index in [1.165, 1.54) is 7.11 Å². The van der Waals surface area contributed by atoms with Crippen LogP contribution in [0.1, 0.15) is 43.0 Å². The van der Waals surface area contributed by atoms with Gasteiger partial charge in [0.1, 0.15) is 11.5 Å². The predicted molar refractivity (Wildman–Crippen MR) is 91.6 cm³/mol. The highest BCUT2D eigenvalue weighted by atomic mass is 16.5. The van der Waals surface area contributed by atoms with Crippen LogP contribution in [0.25, 0.3) is 0 Å². The Bertz CT molecular complexity index is 522. The zero-order valence-corrected chi connectivity index (χ0v) is 15.0. The third-order valence-electron chi connectivity index (χ3n) is 3.73. The molecule has 1 aromatic rings. The minimum atomic E-state index is -0.327. The molecule has 24 heavy (non-hydrogen) atoms. The number of ether oxygens (including phenoxy) is 3. The van der Waals surface area contributed by atoms with Crippen LogP contribution in [0, 0.1) is 0 Å². The molecule has 0 bridgehead atoms. The van der Waals surface area contributed by atoms with E-state index in [4.69, 9.17) is 9.47 Å². The molecule has 1 aromatic carbocycles. The lowest BCUT2D eigenvalue weighted by Gasteiger charge is -2.23. The van der Waals surface area contributed by atoms with Gasteiger partial charge in [-0.1, -0.05) is 19.8 Å². The summed E-state index contributed by atoms with van der Waals surface area (Å²) in [5.74, 6) is 0.636. The number of amides is 1. The molecule has 6 nitrogen and oxygen atoms in total. The summed E-state index contributed by atoms with van der Waals surface area (Å²) >= 11 is 0. The van der Waals surface area contributed by atoms with Gasteiger partial charge in [0.25, 0.3) is 5.91 Å². The van der Waals surface area contributed by atoms with Gasteiger partial charge in [0.05, 0.1) is 27.8 Å². The van der Waals surface area contributed by atoms with Crippen molar-refractivity contribution in [2.45, 2.75) is 32.6 Å². The molecule has 0 saturated carbocycles. The normalized spacial score (nSPS) is 10.2. The lowest BCUT2D eigenvalue weighted by Crippen LogP contribution is -2.34. The van der Waals surface area contributed by atoms with Crippen molar-refractivity contribution in [3.05, 3.63) is 23.8 Å². The Hall–Kier alpha value is -2.24. The second kappa shape index (κ2) is 10.5. The summed E-state index contributed by atoms with van der Waals surface area (Å²) < 4.78 is 15.1. The second-order valence-electron chi connectivity index (χ2n) is 5.43. The quantitative estimate of drug-likeness (QED) is 0.485. The lowest BCUT2D eigenvalue weighted by atomic mass is 10.1. The van der Waals surface area contributed by atoms with Crippen LogP contribution >= 0.6 is 0 Å². The molecule has 0 aliphatic heterocycles. The summed E-state index contributed by atoms with van der Waals surface area (Å²) in [5.41, 5.74) is 0.479. The van der Waals surface area contributed by atoms with Gasteiger partial charge in [-0.25, -0.2) is 0 Å². The van der Waals surface area contributed by atoms with Gasteiger partial charge in [0.15, 0.2) is 0 Å². The maximum atomic E-state index is 12.8. The topological polar surface area (TPSA) is 65.1 Å². The molecule has 0 N–H and O–H groups in total. The van der Waals surface area contributed by atoms with Crippen molar-refractivity contribution >= 4 is 11.9 Å². The maximum absolute atomic E-state index is 12.8. The first-order valence-corrected chi connectivity index (χ1v) is 8.14. The van der Waals surface area contributed by atoms with Crippen LogP contribution in [-0.2, 0) is 9.53 Å². The molecule has 0 saturated heterocycles. The summed E-state index contributed by atoms with van der Waals surface area (Å²) in [7, 11) is 4.43. The van der Waals surface area contributed by atoms with Crippen molar-refractivity contribution < 1.29 is 23.8 Å². The van der Waals surface area contributed by atoms with Crippen molar-refractivity contribution in [3.8, 4) is 11.5 Å². The smallest absolute Gasteiger partial charge is 0.307 e. The third-order valence-corrected chi connectivity index (χ3v) is 3.73. The molecular weight excluding hydrogens is 310 g/mol. The molecule has 134 valence electrons. The Morgan fingerprint density at radius 3 is 2.08 bits per heavy atom. The molecule has 6 heteroatoms. The number of carbonyl (C=O) groups excluding carboxylic acids is 2. The lowest BCUT2D eigenvalue weighted by molar-refractivity contribution is -0.140. The molecule has 1 amide bonds. The largest absolute Gasteiger partial charge is 0.497 e. The summed E-state index contributed by atoms with van der Waals surface area (Å²) in [5, 5.41) is 0. The Kier molecular flexibility index (Phi) is 8.68. The van der Waals surface area contributed by atoms with E-state index in [0.29, 0.717) is 30.2 Å². The van der Waals surface area contributed by atoms with Gasteiger partial charge in [-0.3, -0.25) is 9.59 Å². The van der Waals surface area contributed by atoms with Crippen LogP contribution in [0.2, 0.25) is 0 Å². The number of carbonyl (C=O) groups is 2. The molecule has 0 radical (unpaired) electrons. The van der Waals surface area contributed by atoms with Crippen LogP contribution in [0.4, 0.5) is 0 Å². The van der Waals surface area contributed by atoms with E-state index in [-0.39, 0.29) is 18.3 Å². The van der Waals surface area contributed by atoms with Gasteiger partial charge in [-0.15, -0.1) is 0 Å². The molecular formula is C18H27NO5. The Morgan fingerprint density at radius 2 is 1.58 bits per heavy atom. The molecule has 0 spiro atoms. The molecule has 1 rings (SSSR count). The van der Waals surface area contributed by atoms with E-state index in [1.54, 1.807) is 37.3 Å². The van der Waals surface area contributed by atoms with Gasteiger partial charge >= 0.3 is 5.97 Å². The fourth-order valence-electron chi connectivity index (χ4n) is 2.31. The van der Waals surface area contributed by atoms with E-state index < -0.39 is 0 Å². The van der Waals surface area contributed by atoms with Crippen LogP contribution in [0.15, 0.2) is 18.2 Å². The zero-order valence-electron chi connectivity index (χ0n) is 15.0. The first kappa shape index (κ1) is 19.8. The monoisotopic (exact) mass is 337 g/mol. The van der Waals surface area contributed by atoms with Crippen LogP contribution in [0.3, 0.4) is 0 Å². The number of methoxy groups -OCH3 is 3. The highest BCUT2D eigenvalue weighted by Crippen LogP contribution is 2.23. The molecule has 0 unspecified atom stereocenters. The van der Waals surface area contributed by atoms with Crippen molar-refractivity contribution in [3.63, 3.8) is 0 Å². The minimum Gasteiger partial charge on any atom is -0.497 e. The summed E-state index contributed by atoms with van der Waals surface area (Å²) in [6, 6.07) is 5.07. The van der Waals surface area contributed by atoms with Gasteiger partial charge < -0.3 is 19.1 Å². The number of benzene rings is 1. The number of unbranched alkanes of at least 4 members (excludes halogenated alkanes) is 2. The highest BCUT2D eigenvalue weighted by Gasteiger charge is 2.18. The number of esters is 1. The van der Waals surface area contributed by atoms with E-state index in [9.17, 15) is 9.59 Å². The predicted octanol–water partition coefficient (Wildman–Crippen LogP) is 2.90. The summed E-state index contributed by atoms with van der Waals surface area (Å²) in [6.07, 6.45) is 3.16. The third kappa shape index (κ3) is 6.10. The standard InChI is InChI=1S/C18H27NO5/c1-5-6-7-9-19(10-8-17(20)24-4)18(21)14-11-15(22-2)13-16(12-14)23-3/h11-13H,5-10H2,1-4H3. The van der Waals surface area contributed by atoms with Gasteiger partial charge in [-0.05, 0) is 18.6 Å². The fraction of sp³-hybridized carbons (Fsp3) is 0.556. The van der Waals surface area contributed by atoms with E-state index in [1.807, 2.05) is 0 Å². The van der Waals surface area contributed by atoms with Gasteiger partial charge in [-0.2, -0.15) is 0 Å². The SMILES string of the molecule is CCCCCN(CCC(=O)OC)C(=O)c1cc(OC)cc(OC)c1. The van der Waals surface area contributed by atoms with Crippen LogP contribution in [-0.4, -0.2) is 51.2 Å². The Morgan fingerprint density at radius 1 is 0.958 bits per heavy atom. The fourth-order valence-corrected chi connectivity index (χ4v) is 2.31. The van der Waals surface area contributed by atoms with Crippen molar-refractivity contribution in [1.82, 2.24) is 4.90 Å². The first-order chi connectivity index (χ1) is 11.5. The average molecular weight is 337 g/mol. The molecule has 0 aliphatic rings. The number of rotatable bonds is 10. The van der Waals surface area contributed by atoms with E-state index >= 15 is 0 Å². The summed E-state index contributed by atoms with van der Waals surface area (Å²) in [6.45, 7) is 3.03. The van der Waals surface area contributed by atoms with Crippen LogP contribution < -0.4 is 9.47 Å². The van der Waals surface area contributed by atoms with Crippen molar-refractivity contribution in [2.24, 2.45) is 0 Å². The number of nitrogens with zero attached hydrogens (tertiary/aromatic N) is 1. The minimum absolute atomic E-state index is 0.146.